The zero-order chi connectivity index (χ0) is 24.2. The van der Waals surface area contributed by atoms with Gasteiger partial charge in [0.15, 0.2) is 0 Å². The van der Waals surface area contributed by atoms with Crippen molar-refractivity contribution in [3.63, 3.8) is 0 Å². The summed E-state index contributed by atoms with van der Waals surface area (Å²) in [5, 5.41) is -0.0341. The topological polar surface area (TPSA) is 34.1 Å². The average Bonchev–Trinajstić information content (AvgIpc) is 3.13. The van der Waals surface area contributed by atoms with E-state index < -0.39 is 0 Å². The fourth-order valence-electron chi connectivity index (χ4n) is 11.5. The molecule has 0 amide bonds. The highest BCUT2D eigenvalue weighted by Crippen LogP contribution is 2.77. The lowest BCUT2D eigenvalue weighted by Gasteiger charge is -2.72. The maximum atomic E-state index is 13.0. The molecule has 0 radical (unpaired) electrons. The molecule has 2 nitrogen and oxygen atoms in total. The van der Waals surface area contributed by atoms with Crippen LogP contribution in [0.3, 0.4) is 0 Å². The summed E-state index contributed by atoms with van der Waals surface area (Å²) in [7, 11) is 0. The molecule has 9 atom stereocenters. The largest absolute Gasteiger partial charge is 0.299 e. The van der Waals surface area contributed by atoms with Gasteiger partial charge in [-0.25, -0.2) is 0 Å². The number of hydrogen-bond acceptors (Lipinski definition) is 2. The van der Waals surface area contributed by atoms with Crippen molar-refractivity contribution in [3.05, 3.63) is 0 Å². The summed E-state index contributed by atoms with van der Waals surface area (Å²) in [4.78, 5) is 25.9. The molecule has 5 aliphatic rings. The fourth-order valence-corrected chi connectivity index (χ4v) is 11.8. The number of ketones is 1. The van der Waals surface area contributed by atoms with Crippen LogP contribution < -0.4 is 0 Å². The summed E-state index contributed by atoms with van der Waals surface area (Å²) in [6, 6.07) is 0. The van der Waals surface area contributed by atoms with E-state index in [1.54, 1.807) is 0 Å². The molecule has 0 spiro atoms. The van der Waals surface area contributed by atoms with Crippen LogP contribution >= 0.6 is 11.6 Å². The fraction of sp³-hybridized carbons (Fsp3) is 0.933. The molecule has 0 aromatic heterocycles. The van der Waals surface area contributed by atoms with E-state index in [9.17, 15) is 9.59 Å². The third-order valence-electron chi connectivity index (χ3n) is 13.5. The normalized spacial score (nSPS) is 53.1. The lowest BCUT2D eigenvalue weighted by molar-refractivity contribution is -0.233. The first-order chi connectivity index (χ1) is 15.3. The van der Waals surface area contributed by atoms with Gasteiger partial charge < -0.3 is 0 Å². The van der Waals surface area contributed by atoms with Crippen molar-refractivity contribution in [3.8, 4) is 0 Å². The van der Waals surface area contributed by atoms with Crippen LogP contribution in [0.15, 0.2) is 0 Å². The summed E-state index contributed by atoms with van der Waals surface area (Å²) in [6.07, 6.45) is 11.1. The maximum Gasteiger partial charge on any atom is 0.228 e. The Balaban J connectivity index is 1.56. The monoisotopic (exact) mass is 474 g/mol. The predicted octanol–water partition coefficient (Wildman–Crippen LogP) is 8.06. The molecule has 5 aliphatic carbocycles. The molecule has 33 heavy (non-hydrogen) atoms. The molecular weight excluding hydrogens is 428 g/mol. The van der Waals surface area contributed by atoms with Crippen LogP contribution in [0.25, 0.3) is 0 Å². The van der Waals surface area contributed by atoms with Crippen LogP contribution in [0.4, 0.5) is 0 Å². The van der Waals surface area contributed by atoms with Crippen molar-refractivity contribution >= 4 is 22.6 Å². The molecule has 4 unspecified atom stereocenters. The van der Waals surface area contributed by atoms with Gasteiger partial charge in [0, 0.05) is 17.3 Å². The van der Waals surface area contributed by atoms with Gasteiger partial charge in [0.2, 0.25) is 5.24 Å². The van der Waals surface area contributed by atoms with Crippen LogP contribution in [-0.4, -0.2) is 11.0 Å². The summed E-state index contributed by atoms with van der Waals surface area (Å²) < 4.78 is 0. The minimum atomic E-state index is -0.274. The van der Waals surface area contributed by atoms with E-state index in [1.165, 1.54) is 32.1 Å². The Morgan fingerprint density at radius 2 is 1.55 bits per heavy atom. The molecule has 0 aromatic carbocycles. The maximum absolute atomic E-state index is 13.0. The van der Waals surface area contributed by atoms with Gasteiger partial charge >= 0.3 is 0 Å². The first-order valence-electron chi connectivity index (χ1n) is 14.0. The van der Waals surface area contributed by atoms with Gasteiger partial charge in [-0.05, 0) is 121 Å². The van der Waals surface area contributed by atoms with Crippen molar-refractivity contribution in [1.29, 1.82) is 0 Å². The number of halogens is 1. The molecular formula is C30H47ClO2. The Bertz CT molecular complexity index is 861. The Morgan fingerprint density at radius 1 is 0.848 bits per heavy atom. The quantitative estimate of drug-likeness (QED) is 0.379. The van der Waals surface area contributed by atoms with E-state index in [-0.39, 0.29) is 32.3 Å². The number of Topliss-reactive ketones (excluding diaryl/α,β-unsaturated/α-hetero) is 1. The molecule has 0 N–H and O–H groups in total. The number of rotatable bonds is 2. The van der Waals surface area contributed by atoms with Crippen molar-refractivity contribution in [2.24, 2.45) is 62.6 Å². The van der Waals surface area contributed by atoms with Crippen LogP contribution in [0.5, 0.6) is 0 Å². The van der Waals surface area contributed by atoms with Crippen molar-refractivity contribution < 1.29 is 9.59 Å². The Morgan fingerprint density at radius 3 is 2.18 bits per heavy atom. The zero-order valence-electron chi connectivity index (χ0n) is 22.2. The highest BCUT2D eigenvalue weighted by molar-refractivity contribution is 6.64. The standard InChI is InChI=1S/C30H47ClO2/c1-18(2)19-10-15-30(25(31)33)17-16-28(6)20(24(19)30)8-9-22-27(5)13-12-23(32)26(3,4)21(27)11-14-29(22,28)7/h18-22,24H,8-17H2,1-7H3/t19-,20?,21?,22?,24?,27-,28+,29+,30-/m0/s1. The van der Waals surface area contributed by atoms with Crippen molar-refractivity contribution in [2.45, 2.75) is 113 Å². The Kier molecular flexibility index (Phi) is 5.40. The molecule has 0 aliphatic heterocycles. The molecule has 0 bridgehead atoms. The summed E-state index contributed by atoms with van der Waals surface area (Å²) in [5.74, 6) is 3.96. The predicted molar refractivity (Wildman–Crippen MR) is 135 cm³/mol. The van der Waals surface area contributed by atoms with Crippen LogP contribution in [0.2, 0.25) is 0 Å². The second kappa shape index (κ2) is 7.33. The van der Waals surface area contributed by atoms with Crippen LogP contribution in [-0.2, 0) is 9.59 Å². The van der Waals surface area contributed by atoms with E-state index in [2.05, 4.69) is 48.5 Å². The molecule has 0 aromatic rings. The molecule has 5 fully saturated rings. The molecule has 5 rings (SSSR count). The highest BCUT2D eigenvalue weighted by atomic mass is 35.5. The lowest BCUT2D eigenvalue weighted by atomic mass is 9.32. The van der Waals surface area contributed by atoms with Gasteiger partial charge in [0.05, 0.1) is 0 Å². The van der Waals surface area contributed by atoms with Gasteiger partial charge in [-0.2, -0.15) is 0 Å². The number of hydrogen-bond donors (Lipinski definition) is 0. The molecule has 0 saturated heterocycles. The van der Waals surface area contributed by atoms with Gasteiger partial charge in [0.1, 0.15) is 5.78 Å². The first-order valence-corrected chi connectivity index (χ1v) is 14.4. The van der Waals surface area contributed by atoms with E-state index >= 15 is 0 Å². The number of carbonyl (C=O) groups excluding carboxylic acids is 2. The smallest absolute Gasteiger partial charge is 0.228 e. The van der Waals surface area contributed by atoms with Gasteiger partial charge in [-0.1, -0.05) is 48.5 Å². The average molecular weight is 475 g/mol. The van der Waals surface area contributed by atoms with E-state index in [4.69, 9.17) is 11.6 Å². The minimum absolute atomic E-state index is 0.0341. The zero-order valence-corrected chi connectivity index (χ0v) is 23.0. The Labute approximate surface area is 207 Å². The SMILES string of the molecule is CC(C)[C@@H]1CC[C@]2(C(=O)Cl)CC[C@]3(C)C(CCC4[C@@]5(C)CCC(=O)C(C)(C)C5CC[C@]43C)C12. The third kappa shape index (κ3) is 2.85. The van der Waals surface area contributed by atoms with E-state index in [0.717, 1.165) is 32.1 Å². The second-order valence-corrected chi connectivity index (χ2v) is 15.1. The second-order valence-electron chi connectivity index (χ2n) is 14.7. The summed E-state index contributed by atoms with van der Waals surface area (Å²) in [5.41, 5.74) is 0.330. The van der Waals surface area contributed by atoms with Gasteiger partial charge in [-0.15, -0.1) is 0 Å². The first kappa shape index (κ1) is 24.3. The third-order valence-corrected chi connectivity index (χ3v) is 13.9. The highest BCUT2D eigenvalue weighted by Gasteiger charge is 2.71. The van der Waals surface area contributed by atoms with Crippen molar-refractivity contribution in [1.82, 2.24) is 0 Å². The Hall–Kier alpha value is -0.370. The van der Waals surface area contributed by atoms with E-state index in [1.807, 2.05) is 0 Å². The minimum Gasteiger partial charge on any atom is -0.299 e. The molecule has 0 heterocycles. The molecule has 5 saturated carbocycles. The van der Waals surface area contributed by atoms with Crippen LogP contribution in [0.1, 0.15) is 113 Å². The van der Waals surface area contributed by atoms with Gasteiger partial charge in [0.25, 0.3) is 0 Å². The number of carbonyl (C=O) groups is 2. The van der Waals surface area contributed by atoms with Gasteiger partial charge in [-0.3, -0.25) is 9.59 Å². The molecule has 3 heteroatoms. The van der Waals surface area contributed by atoms with E-state index in [0.29, 0.717) is 41.3 Å². The lowest BCUT2D eigenvalue weighted by Crippen LogP contribution is -2.66. The summed E-state index contributed by atoms with van der Waals surface area (Å²) in [6.45, 7) is 17.0. The van der Waals surface area contributed by atoms with Crippen LogP contribution in [0, 0.1) is 62.6 Å². The number of fused-ring (bicyclic) bond motifs is 7. The summed E-state index contributed by atoms with van der Waals surface area (Å²) >= 11 is 6.45. The molecule has 186 valence electrons. The van der Waals surface area contributed by atoms with Crippen molar-refractivity contribution in [2.75, 3.05) is 0 Å².